The van der Waals surface area contributed by atoms with Gasteiger partial charge in [0.15, 0.2) is 0 Å². The molecule has 0 saturated heterocycles. The number of phenolic OH excluding ortho intramolecular Hbond substituents is 2. The molecular formula is C14H12Cl2O2. The maximum absolute atomic E-state index is 9.37. The largest absolute Gasteiger partial charge is 0.508 e. The third-order valence-corrected chi connectivity index (χ3v) is 3.37. The van der Waals surface area contributed by atoms with E-state index in [0.29, 0.717) is 16.5 Å². The van der Waals surface area contributed by atoms with Gasteiger partial charge in [0.2, 0.25) is 0 Å². The third kappa shape index (κ3) is 3.09. The van der Waals surface area contributed by atoms with Crippen molar-refractivity contribution in [2.75, 3.05) is 0 Å². The normalized spacial score (nSPS) is 10.6. The fourth-order valence-electron chi connectivity index (χ4n) is 1.81. The van der Waals surface area contributed by atoms with Crippen LogP contribution in [0.5, 0.6) is 11.5 Å². The Morgan fingerprint density at radius 2 is 1.50 bits per heavy atom. The van der Waals surface area contributed by atoms with Crippen molar-refractivity contribution in [1.29, 1.82) is 0 Å². The topological polar surface area (TPSA) is 40.5 Å². The summed E-state index contributed by atoms with van der Waals surface area (Å²) >= 11 is 12.1. The number of hydrogen-bond donors (Lipinski definition) is 2. The number of hydrogen-bond acceptors (Lipinski definition) is 2. The van der Waals surface area contributed by atoms with E-state index in [1.165, 1.54) is 12.1 Å². The number of aryl methyl sites for hydroxylation is 1. The molecule has 2 aromatic rings. The SMILES string of the molecule is Oc1cccc(CCc2c(Cl)cc(O)cc2Cl)c1. The van der Waals surface area contributed by atoms with Crippen LogP contribution in [-0.2, 0) is 12.8 Å². The number of rotatable bonds is 3. The zero-order chi connectivity index (χ0) is 13.1. The lowest BCUT2D eigenvalue weighted by Crippen LogP contribution is -1.93. The molecule has 0 spiro atoms. The second kappa shape index (κ2) is 5.51. The van der Waals surface area contributed by atoms with Crippen molar-refractivity contribution < 1.29 is 10.2 Å². The highest BCUT2D eigenvalue weighted by molar-refractivity contribution is 6.36. The van der Waals surface area contributed by atoms with Crippen LogP contribution in [0, 0.1) is 0 Å². The van der Waals surface area contributed by atoms with Gasteiger partial charge in [-0.25, -0.2) is 0 Å². The fraction of sp³-hybridized carbons (Fsp3) is 0.143. The molecule has 0 atom stereocenters. The number of phenols is 2. The first-order valence-electron chi connectivity index (χ1n) is 5.51. The standard InChI is InChI=1S/C14H12Cl2O2/c15-13-7-11(18)8-14(16)12(13)5-4-9-2-1-3-10(17)6-9/h1-3,6-8,17-18H,4-5H2. The summed E-state index contributed by atoms with van der Waals surface area (Å²) in [7, 11) is 0. The van der Waals surface area contributed by atoms with Crippen LogP contribution < -0.4 is 0 Å². The van der Waals surface area contributed by atoms with E-state index in [2.05, 4.69) is 0 Å². The van der Waals surface area contributed by atoms with Crippen molar-refractivity contribution in [2.24, 2.45) is 0 Å². The first-order valence-corrected chi connectivity index (χ1v) is 6.26. The highest BCUT2D eigenvalue weighted by Gasteiger charge is 2.08. The molecule has 0 aromatic heterocycles. The molecule has 0 aliphatic carbocycles. The predicted molar refractivity (Wildman–Crippen MR) is 73.6 cm³/mol. The van der Waals surface area contributed by atoms with E-state index in [9.17, 15) is 10.2 Å². The number of benzene rings is 2. The van der Waals surface area contributed by atoms with Crippen molar-refractivity contribution in [3.8, 4) is 11.5 Å². The van der Waals surface area contributed by atoms with E-state index in [0.717, 1.165) is 17.5 Å². The molecule has 2 rings (SSSR count). The van der Waals surface area contributed by atoms with Gasteiger partial charge in [0.25, 0.3) is 0 Å². The molecule has 2 nitrogen and oxygen atoms in total. The summed E-state index contributed by atoms with van der Waals surface area (Å²) in [5.74, 6) is 0.307. The van der Waals surface area contributed by atoms with Crippen molar-refractivity contribution in [3.05, 3.63) is 57.6 Å². The van der Waals surface area contributed by atoms with Crippen molar-refractivity contribution >= 4 is 23.2 Å². The molecule has 0 heterocycles. The monoisotopic (exact) mass is 282 g/mol. The predicted octanol–water partition coefficient (Wildman–Crippen LogP) is 4.19. The number of halogens is 2. The molecule has 0 aliphatic heterocycles. The third-order valence-electron chi connectivity index (χ3n) is 2.70. The maximum Gasteiger partial charge on any atom is 0.118 e. The van der Waals surface area contributed by atoms with E-state index >= 15 is 0 Å². The Labute approximate surface area is 115 Å². The summed E-state index contributed by atoms with van der Waals surface area (Å²) in [5, 5.41) is 19.6. The molecule has 4 heteroatoms. The van der Waals surface area contributed by atoms with Crippen molar-refractivity contribution in [2.45, 2.75) is 12.8 Å². The molecule has 0 amide bonds. The fourth-order valence-corrected chi connectivity index (χ4v) is 2.47. The summed E-state index contributed by atoms with van der Waals surface area (Å²) in [6.45, 7) is 0. The molecule has 2 N–H and O–H groups in total. The Hall–Kier alpha value is -1.38. The average molecular weight is 283 g/mol. The van der Waals surface area contributed by atoms with Gasteiger partial charge in [-0.2, -0.15) is 0 Å². The van der Waals surface area contributed by atoms with Crippen LogP contribution in [0.4, 0.5) is 0 Å². The van der Waals surface area contributed by atoms with E-state index in [1.807, 2.05) is 6.07 Å². The van der Waals surface area contributed by atoms with Crippen LogP contribution in [0.25, 0.3) is 0 Å². The van der Waals surface area contributed by atoms with Gasteiger partial charge in [-0.15, -0.1) is 0 Å². The Kier molecular flexibility index (Phi) is 4.00. The van der Waals surface area contributed by atoms with E-state index in [-0.39, 0.29) is 11.5 Å². The Balaban J connectivity index is 2.16. The second-order valence-corrected chi connectivity index (χ2v) is 4.87. The molecule has 0 radical (unpaired) electrons. The lowest BCUT2D eigenvalue weighted by molar-refractivity contribution is 0.474. The molecule has 0 aliphatic rings. The van der Waals surface area contributed by atoms with Gasteiger partial charge in [0, 0.05) is 10.0 Å². The Morgan fingerprint density at radius 1 is 0.833 bits per heavy atom. The minimum atomic E-state index is 0.0612. The van der Waals surface area contributed by atoms with Crippen LogP contribution in [0.1, 0.15) is 11.1 Å². The highest BCUT2D eigenvalue weighted by Crippen LogP contribution is 2.30. The lowest BCUT2D eigenvalue weighted by atomic mass is 10.0. The minimum absolute atomic E-state index is 0.0612. The number of aromatic hydroxyl groups is 2. The van der Waals surface area contributed by atoms with Crippen molar-refractivity contribution in [1.82, 2.24) is 0 Å². The van der Waals surface area contributed by atoms with E-state index in [1.54, 1.807) is 18.2 Å². The lowest BCUT2D eigenvalue weighted by Gasteiger charge is -2.08. The van der Waals surface area contributed by atoms with Gasteiger partial charge < -0.3 is 10.2 Å². The van der Waals surface area contributed by atoms with Gasteiger partial charge in [-0.05, 0) is 48.2 Å². The summed E-state index contributed by atoms with van der Waals surface area (Å²) in [4.78, 5) is 0. The minimum Gasteiger partial charge on any atom is -0.508 e. The zero-order valence-corrected chi connectivity index (χ0v) is 11.0. The van der Waals surface area contributed by atoms with E-state index in [4.69, 9.17) is 23.2 Å². The summed E-state index contributed by atoms with van der Waals surface area (Å²) in [6.07, 6.45) is 1.38. The molecule has 94 valence electrons. The van der Waals surface area contributed by atoms with Gasteiger partial charge in [-0.1, -0.05) is 35.3 Å². The van der Waals surface area contributed by atoms with Gasteiger partial charge in [0.05, 0.1) is 0 Å². The molecule has 0 bridgehead atoms. The molecule has 0 unspecified atom stereocenters. The van der Waals surface area contributed by atoms with Crippen LogP contribution in [0.3, 0.4) is 0 Å². The van der Waals surface area contributed by atoms with Gasteiger partial charge >= 0.3 is 0 Å². The van der Waals surface area contributed by atoms with Gasteiger partial charge in [0.1, 0.15) is 11.5 Å². The van der Waals surface area contributed by atoms with Crippen LogP contribution in [0.2, 0.25) is 10.0 Å². The molecular weight excluding hydrogens is 271 g/mol. The smallest absolute Gasteiger partial charge is 0.118 e. The van der Waals surface area contributed by atoms with Crippen LogP contribution in [0.15, 0.2) is 36.4 Å². The first-order chi connectivity index (χ1) is 8.56. The van der Waals surface area contributed by atoms with Crippen LogP contribution >= 0.6 is 23.2 Å². The molecule has 0 fully saturated rings. The molecule has 18 heavy (non-hydrogen) atoms. The average Bonchev–Trinajstić information content (AvgIpc) is 2.27. The quantitative estimate of drug-likeness (QED) is 0.886. The first kappa shape index (κ1) is 13.1. The highest BCUT2D eigenvalue weighted by atomic mass is 35.5. The van der Waals surface area contributed by atoms with Crippen molar-refractivity contribution in [3.63, 3.8) is 0 Å². The second-order valence-electron chi connectivity index (χ2n) is 4.06. The Morgan fingerprint density at radius 3 is 2.11 bits per heavy atom. The molecule has 0 saturated carbocycles. The van der Waals surface area contributed by atoms with E-state index < -0.39 is 0 Å². The summed E-state index contributed by atoms with van der Waals surface area (Å²) < 4.78 is 0. The molecule has 2 aromatic carbocycles. The maximum atomic E-state index is 9.37. The summed E-state index contributed by atoms with van der Waals surface area (Å²) in [5.41, 5.74) is 1.81. The van der Waals surface area contributed by atoms with Gasteiger partial charge in [-0.3, -0.25) is 0 Å². The Bertz CT molecular complexity index is 544. The summed E-state index contributed by atoms with van der Waals surface area (Å²) in [6, 6.07) is 10.0. The zero-order valence-electron chi connectivity index (χ0n) is 9.53. The van der Waals surface area contributed by atoms with Crippen LogP contribution in [-0.4, -0.2) is 10.2 Å².